The van der Waals surface area contributed by atoms with Crippen molar-refractivity contribution in [2.45, 2.75) is 32.7 Å². The maximum Gasteiger partial charge on any atom is 0.223 e. The molecule has 0 spiro atoms. The molecule has 0 bridgehead atoms. The lowest BCUT2D eigenvalue weighted by Gasteiger charge is -2.31. The molecular formula is C18H21N5O2. The van der Waals surface area contributed by atoms with Gasteiger partial charge in [0.25, 0.3) is 0 Å². The molecule has 1 saturated heterocycles. The number of hydrogen-bond donors (Lipinski definition) is 0. The van der Waals surface area contributed by atoms with E-state index in [-0.39, 0.29) is 0 Å². The molecule has 130 valence electrons. The van der Waals surface area contributed by atoms with Crippen LogP contribution in [-0.2, 0) is 13.0 Å². The fourth-order valence-corrected chi connectivity index (χ4v) is 3.26. The molecule has 0 aliphatic carbocycles. The maximum atomic E-state index is 5.32. The second-order valence-electron chi connectivity index (χ2n) is 6.55. The number of piperidine rings is 1. The zero-order valence-electron chi connectivity index (χ0n) is 14.3. The summed E-state index contributed by atoms with van der Waals surface area (Å²) in [5.74, 6) is 3.43. The third kappa shape index (κ3) is 3.93. The highest BCUT2D eigenvalue weighted by molar-refractivity contribution is 5.45. The van der Waals surface area contributed by atoms with Crippen molar-refractivity contribution in [3.8, 4) is 11.6 Å². The van der Waals surface area contributed by atoms with Gasteiger partial charge in [0, 0.05) is 37.8 Å². The Hall–Kier alpha value is -2.54. The molecule has 1 aliphatic rings. The zero-order valence-corrected chi connectivity index (χ0v) is 14.3. The van der Waals surface area contributed by atoms with Gasteiger partial charge in [-0.25, -0.2) is 9.97 Å². The Morgan fingerprint density at radius 3 is 2.64 bits per heavy atom. The largest absolute Gasteiger partial charge is 0.461 e. The number of likely N-dealkylation sites (tertiary alicyclic amines) is 1. The summed E-state index contributed by atoms with van der Waals surface area (Å²) in [6, 6.07) is 3.71. The minimum atomic E-state index is 0.628. The highest BCUT2D eigenvalue weighted by Crippen LogP contribution is 2.22. The second-order valence-corrected chi connectivity index (χ2v) is 6.55. The van der Waals surface area contributed by atoms with Crippen LogP contribution in [0.25, 0.3) is 11.6 Å². The van der Waals surface area contributed by atoms with E-state index >= 15 is 0 Å². The van der Waals surface area contributed by atoms with Gasteiger partial charge >= 0.3 is 0 Å². The standard InChI is InChI=1S/C18H21N5O2/c1-13-21-17(22-25-13)9-14-4-6-23(7-5-14)12-15-10-19-18(20-11-15)16-3-2-8-24-16/h2-3,8,10-11,14H,4-7,9,12H2,1H3. The molecule has 0 saturated carbocycles. The Bertz CT molecular complexity index is 789. The molecule has 7 nitrogen and oxygen atoms in total. The molecule has 1 aliphatic heterocycles. The van der Waals surface area contributed by atoms with E-state index in [9.17, 15) is 0 Å². The Morgan fingerprint density at radius 1 is 1.20 bits per heavy atom. The first-order valence-corrected chi connectivity index (χ1v) is 8.62. The van der Waals surface area contributed by atoms with Crippen molar-refractivity contribution >= 4 is 0 Å². The molecule has 25 heavy (non-hydrogen) atoms. The zero-order chi connectivity index (χ0) is 17.1. The molecule has 0 aromatic carbocycles. The third-order valence-corrected chi connectivity index (χ3v) is 4.60. The van der Waals surface area contributed by atoms with Crippen LogP contribution in [0.1, 0.15) is 30.1 Å². The molecule has 0 amide bonds. The van der Waals surface area contributed by atoms with Gasteiger partial charge in [-0.3, -0.25) is 4.90 Å². The van der Waals surface area contributed by atoms with Gasteiger partial charge in [0.15, 0.2) is 17.4 Å². The molecule has 0 atom stereocenters. The molecule has 1 fully saturated rings. The lowest BCUT2D eigenvalue weighted by Crippen LogP contribution is -2.34. The number of rotatable bonds is 5. The van der Waals surface area contributed by atoms with E-state index in [1.54, 1.807) is 6.26 Å². The summed E-state index contributed by atoms with van der Waals surface area (Å²) in [5.41, 5.74) is 1.13. The molecule has 3 aromatic heterocycles. The Morgan fingerprint density at radius 2 is 2.00 bits per heavy atom. The van der Waals surface area contributed by atoms with Crippen molar-refractivity contribution in [2.24, 2.45) is 5.92 Å². The van der Waals surface area contributed by atoms with Crippen LogP contribution in [0.15, 0.2) is 39.7 Å². The van der Waals surface area contributed by atoms with Crippen LogP contribution >= 0.6 is 0 Å². The van der Waals surface area contributed by atoms with E-state index in [2.05, 4.69) is 25.0 Å². The third-order valence-electron chi connectivity index (χ3n) is 4.60. The van der Waals surface area contributed by atoms with Crippen LogP contribution in [0, 0.1) is 12.8 Å². The van der Waals surface area contributed by atoms with Crippen LogP contribution in [0.4, 0.5) is 0 Å². The number of aromatic nitrogens is 4. The summed E-state index contributed by atoms with van der Waals surface area (Å²) in [6.45, 7) is 4.85. The van der Waals surface area contributed by atoms with Gasteiger partial charge in [-0.1, -0.05) is 5.16 Å². The first-order chi connectivity index (χ1) is 12.3. The Balaban J connectivity index is 1.28. The van der Waals surface area contributed by atoms with Gasteiger partial charge in [-0.05, 0) is 44.0 Å². The summed E-state index contributed by atoms with van der Waals surface area (Å²) in [5, 5.41) is 4.00. The molecule has 0 unspecified atom stereocenters. The van der Waals surface area contributed by atoms with Gasteiger partial charge in [0.2, 0.25) is 5.89 Å². The van der Waals surface area contributed by atoms with Crippen molar-refractivity contribution in [3.05, 3.63) is 48.1 Å². The van der Waals surface area contributed by atoms with E-state index in [1.807, 2.05) is 31.5 Å². The minimum Gasteiger partial charge on any atom is -0.461 e. The summed E-state index contributed by atoms with van der Waals surface area (Å²) >= 11 is 0. The predicted molar refractivity (Wildman–Crippen MR) is 90.5 cm³/mol. The average Bonchev–Trinajstić information content (AvgIpc) is 3.29. The number of nitrogens with zero attached hydrogens (tertiary/aromatic N) is 5. The lowest BCUT2D eigenvalue weighted by atomic mass is 9.93. The van der Waals surface area contributed by atoms with E-state index in [4.69, 9.17) is 8.94 Å². The fourth-order valence-electron chi connectivity index (χ4n) is 3.26. The van der Waals surface area contributed by atoms with Crippen LogP contribution in [0.2, 0.25) is 0 Å². The van der Waals surface area contributed by atoms with Crippen molar-refractivity contribution in [1.29, 1.82) is 0 Å². The smallest absolute Gasteiger partial charge is 0.223 e. The average molecular weight is 339 g/mol. The van der Waals surface area contributed by atoms with Crippen molar-refractivity contribution in [3.63, 3.8) is 0 Å². The summed E-state index contributed by atoms with van der Waals surface area (Å²) < 4.78 is 10.4. The molecule has 4 heterocycles. The molecule has 0 N–H and O–H groups in total. The molecule has 7 heteroatoms. The van der Waals surface area contributed by atoms with Crippen LogP contribution in [0.5, 0.6) is 0 Å². The van der Waals surface area contributed by atoms with Gasteiger partial charge < -0.3 is 8.94 Å². The number of aryl methyl sites for hydroxylation is 1. The molecule has 3 aromatic rings. The van der Waals surface area contributed by atoms with E-state index in [0.717, 1.165) is 50.3 Å². The summed E-state index contributed by atoms with van der Waals surface area (Å²) in [4.78, 5) is 15.6. The maximum absolute atomic E-state index is 5.32. The highest BCUT2D eigenvalue weighted by Gasteiger charge is 2.21. The topological polar surface area (TPSA) is 81.1 Å². The normalized spacial score (nSPS) is 16.4. The quantitative estimate of drug-likeness (QED) is 0.707. The van der Waals surface area contributed by atoms with Crippen molar-refractivity contribution < 1.29 is 8.94 Å². The van der Waals surface area contributed by atoms with Gasteiger partial charge in [-0.2, -0.15) is 4.98 Å². The minimum absolute atomic E-state index is 0.628. The number of furan rings is 1. The first-order valence-electron chi connectivity index (χ1n) is 8.62. The monoisotopic (exact) mass is 339 g/mol. The van der Waals surface area contributed by atoms with Gasteiger partial charge in [-0.15, -0.1) is 0 Å². The predicted octanol–water partition coefficient (Wildman–Crippen LogP) is 2.88. The van der Waals surface area contributed by atoms with Crippen LogP contribution in [0.3, 0.4) is 0 Å². The molecule has 4 rings (SSSR count). The van der Waals surface area contributed by atoms with Crippen molar-refractivity contribution in [1.82, 2.24) is 25.0 Å². The van der Waals surface area contributed by atoms with Crippen LogP contribution < -0.4 is 0 Å². The first kappa shape index (κ1) is 16.0. The Kier molecular flexibility index (Phi) is 4.56. The summed E-state index contributed by atoms with van der Waals surface area (Å²) in [7, 11) is 0. The fraction of sp³-hybridized carbons (Fsp3) is 0.444. The van der Waals surface area contributed by atoms with Crippen molar-refractivity contribution in [2.75, 3.05) is 13.1 Å². The highest BCUT2D eigenvalue weighted by atomic mass is 16.5. The molecular weight excluding hydrogens is 318 g/mol. The van der Waals surface area contributed by atoms with E-state index in [1.165, 1.54) is 0 Å². The summed E-state index contributed by atoms with van der Waals surface area (Å²) in [6.07, 6.45) is 8.62. The lowest BCUT2D eigenvalue weighted by molar-refractivity contribution is 0.175. The van der Waals surface area contributed by atoms with Gasteiger partial charge in [0.1, 0.15) is 0 Å². The van der Waals surface area contributed by atoms with E-state index < -0.39 is 0 Å². The van der Waals surface area contributed by atoms with Gasteiger partial charge in [0.05, 0.1) is 6.26 Å². The number of hydrogen-bond acceptors (Lipinski definition) is 7. The Labute approximate surface area is 146 Å². The van der Waals surface area contributed by atoms with Crippen LogP contribution in [-0.4, -0.2) is 38.1 Å². The SMILES string of the molecule is Cc1nc(CC2CCN(Cc3cnc(-c4ccco4)nc3)CC2)no1. The second kappa shape index (κ2) is 7.14. The molecule has 0 radical (unpaired) electrons. The van der Waals surface area contributed by atoms with E-state index in [0.29, 0.717) is 23.4 Å².